The third-order valence-corrected chi connectivity index (χ3v) is 6.42. The lowest BCUT2D eigenvalue weighted by Crippen LogP contribution is -2.59. The van der Waals surface area contributed by atoms with E-state index in [1.165, 1.54) is 0 Å². The van der Waals surface area contributed by atoms with Crippen LogP contribution in [-0.2, 0) is 16.2 Å². The first-order valence-electron chi connectivity index (χ1n) is 11.2. The van der Waals surface area contributed by atoms with Gasteiger partial charge >= 0.3 is 0 Å². The molecule has 2 aromatic rings. The van der Waals surface area contributed by atoms with Crippen molar-refractivity contribution in [2.75, 3.05) is 25.0 Å². The Morgan fingerprint density at radius 3 is 2.50 bits per heavy atom. The van der Waals surface area contributed by atoms with Gasteiger partial charge in [-0.25, -0.2) is 0 Å². The molecule has 32 heavy (non-hydrogen) atoms. The Morgan fingerprint density at radius 1 is 1.12 bits per heavy atom. The number of anilines is 1. The van der Waals surface area contributed by atoms with Crippen molar-refractivity contribution >= 4 is 17.5 Å². The van der Waals surface area contributed by atoms with Crippen molar-refractivity contribution in [2.24, 2.45) is 0 Å². The van der Waals surface area contributed by atoms with Crippen LogP contribution in [0.25, 0.3) is 0 Å². The van der Waals surface area contributed by atoms with Gasteiger partial charge in [0.25, 0.3) is 0 Å². The van der Waals surface area contributed by atoms with Gasteiger partial charge in [-0.05, 0) is 56.5 Å². The average molecular weight is 437 g/mol. The number of amides is 2. The van der Waals surface area contributed by atoms with E-state index < -0.39 is 0 Å². The SMILES string of the molecule is Cc1cc(OCc2ccccc2)cc(C)c1NC(=O)CN1CC2C(=O)NC(C)N2CC1C. The highest BCUT2D eigenvalue weighted by Gasteiger charge is 2.43. The number of piperazine rings is 1. The normalized spacial score (nSPS) is 23.5. The lowest BCUT2D eigenvalue weighted by molar-refractivity contribution is -0.125. The summed E-state index contributed by atoms with van der Waals surface area (Å²) in [6, 6.07) is 14.0. The lowest BCUT2D eigenvalue weighted by Gasteiger charge is -2.41. The van der Waals surface area contributed by atoms with E-state index in [0.717, 1.165) is 34.7 Å². The van der Waals surface area contributed by atoms with Crippen LogP contribution in [0.2, 0.25) is 0 Å². The molecule has 0 aliphatic carbocycles. The topological polar surface area (TPSA) is 73.9 Å². The van der Waals surface area contributed by atoms with E-state index in [9.17, 15) is 9.59 Å². The number of carbonyl (C=O) groups excluding carboxylic acids is 2. The number of benzene rings is 2. The first-order chi connectivity index (χ1) is 15.3. The highest BCUT2D eigenvalue weighted by molar-refractivity contribution is 5.94. The minimum absolute atomic E-state index is 0.0487. The monoisotopic (exact) mass is 436 g/mol. The summed E-state index contributed by atoms with van der Waals surface area (Å²) in [5, 5.41) is 6.06. The van der Waals surface area contributed by atoms with Gasteiger partial charge in [0.15, 0.2) is 0 Å². The van der Waals surface area contributed by atoms with E-state index >= 15 is 0 Å². The Bertz CT molecular complexity index is 971. The van der Waals surface area contributed by atoms with Crippen LogP contribution in [-0.4, -0.2) is 59.5 Å². The molecular weight excluding hydrogens is 404 g/mol. The average Bonchev–Trinajstić information content (AvgIpc) is 3.03. The van der Waals surface area contributed by atoms with Crippen LogP contribution in [0.4, 0.5) is 5.69 Å². The molecule has 3 atom stereocenters. The molecule has 0 aromatic heterocycles. The van der Waals surface area contributed by atoms with Gasteiger partial charge in [0.05, 0.1) is 12.7 Å². The molecule has 3 unspecified atom stereocenters. The summed E-state index contributed by atoms with van der Waals surface area (Å²) < 4.78 is 5.94. The van der Waals surface area contributed by atoms with E-state index in [1.807, 2.05) is 63.2 Å². The quantitative estimate of drug-likeness (QED) is 0.728. The van der Waals surface area contributed by atoms with Crippen molar-refractivity contribution < 1.29 is 14.3 Å². The van der Waals surface area contributed by atoms with Gasteiger partial charge < -0.3 is 15.4 Å². The summed E-state index contributed by atoms with van der Waals surface area (Å²) in [5.41, 5.74) is 3.85. The van der Waals surface area contributed by atoms with Crippen LogP contribution in [0.3, 0.4) is 0 Å². The first-order valence-corrected chi connectivity index (χ1v) is 11.2. The highest BCUT2D eigenvalue weighted by Crippen LogP contribution is 2.27. The molecule has 7 nitrogen and oxygen atoms in total. The zero-order valence-electron chi connectivity index (χ0n) is 19.2. The molecule has 0 radical (unpaired) electrons. The van der Waals surface area contributed by atoms with E-state index in [-0.39, 0.29) is 36.6 Å². The molecule has 2 fully saturated rings. The number of ether oxygens (including phenoxy) is 1. The lowest BCUT2D eigenvalue weighted by atomic mass is 10.1. The number of nitrogens with one attached hydrogen (secondary N) is 2. The van der Waals surface area contributed by atoms with Crippen LogP contribution in [0.1, 0.15) is 30.5 Å². The summed E-state index contributed by atoms with van der Waals surface area (Å²) in [4.78, 5) is 29.4. The maximum absolute atomic E-state index is 12.9. The van der Waals surface area contributed by atoms with Crippen LogP contribution < -0.4 is 15.4 Å². The number of aryl methyl sites for hydroxylation is 2. The fourth-order valence-electron chi connectivity index (χ4n) is 4.63. The van der Waals surface area contributed by atoms with Crippen LogP contribution in [0, 0.1) is 13.8 Å². The Kier molecular flexibility index (Phi) is 6.48. The summed E-state index contributed by atoms with van der Waals surface area (Å²) in [7, 11) is 0. The van der Waals surface area contributed by atoms with Gasteiger partial charge in [0, 0.05) is 24.8 Å². The third-order valence-electron chi connectivity index (χ3n) is 6.42. The second kappa shape index (κ2) is 9.30. The summed E-state index contributed by atoms with van der Waals surface area (Å²) in [6.07, 6.45) is 0.0545. The molecule has 4 rings (SSSR count). The number of fused-ring (bicyclic) bond motifs is 1. The van der Waals surface area contributed by atoms with Crippen molar-refractivity contribution in [1.29, 1.82) is 0 Å². The van der Waals surface area contributed by atoms with Crippen molar-refractivity contribution in [1.82, 2.24) is 15.1 Å². The fourth-order valence-corrected chi connectivity index (χ4v) is 4.63. The number of nitrogens with zero attached hydrogens (tertiary/aromatic N) is 2. The molecule has 2 aliphatic rings. The van der Waals surface area contributed by atoms with Gasteiger partial charge in [-0.1, -0.05) is 30.3 Å². The largest absolute Gasteiger partial charge is 0.489 e. The van der Waals surface area contributed by atoms with E-state index in [2.05, 4.69) is 27.4 Å². The predicted octanol–water partition coefficient (Wildman–Crippen LogP) is 2.67. The Hall–Kier alpha value is -2.90. The van der Waals surface area contributed by atoms with E-state index in [4.69, 9.17) is 4.74 Å². The minimum atomic E-state index is -0.182. The first kappa shape index (κ1) is 22.3. The standard InChI is InChI=1S/C25H32N4O3/c1-16-10-21(32-15-20-8-6-5-7-9-20)11-17(2)24(16)27-23(30)14-28-13-22-25(31)26-19(4)29(22)12-18(28)3/h5-11,18-19,22H,12-15H2,1-4H3,(H,26,31)(H,27,30). The Balaban J connectivity index is 1.37. The summed E-state index contributed by atoms with van der Waals surface area (Å²) in [6.45, 7) is 10.2. The highest BCUT2D eigenvalue weighted by atomic mass is 16.5. The van der Waals surface area contributed by atoms with Gasteiger partial charge in [-0.3, -0.25) is 19.4 Å². The van der Waals surface area contributed by atoms with Crippen molar-refractivity contribution in [2.45, 2.75) is 52.6 Å². The number of hydrogen-bond acceptors (Lipinski definition) is 5. The number of hydrogen-bond donors (Lipinski definition) is 2. The molecule has 7 heteroatoms. The molecule has 2 N–H and O–H groups in total. The molecule has 2 aliphatic heterocycles. The molecule has 2 saturated heterocycles. The van der Waals surface area contributed by atoms with Crippen molar-refractivity contribution in [3.63, 3.8) is 0 Å². The molecular formula is C25H32N4O3. The molecule has 2 aromatic carbocycles. The van der Waals surface area contributed by atoms with Crippen LogP contribution in [0.5, 0.6) is 5.75 Å². The zero-order valence-corrected chi connectivity index (χ0v) is 19.2. The van der Waals surface area contributed by atoms with E-state index in [0.29, 0.717) is 13.2 Å². The fraction of sp³-hybridized carbons (Fsp3) is 0.440. The Morgan fingerprint density at radius 2 is 1.81 bits per heavy atom. The predicted molar refractivity (Wildman–Crippen MR) is 124 cm³/mol. The molecule has 0 saturated carbocycles. The molecule has 2 amide bonds. The minimum Gasteiger partial charge on any atom is -0.489 e. The van der Waals surface area contributed by atoms with Crippen LogP contribution >= 0.6 is 0 Å². The van der Waals surface area contributed by atoms with Crippen molar-refractivity contribution in [3.05, 3.63) is 59.2 Å². The number of carbonyl (C=O) groups is 2. The third kappa shape index (κ3) is 4.79. The summed E-state index contributed by atoms with van der Waals surface area (Å²) >= 11 is 0. The maximum atomic E-state index is 12.9. The molecule has 2 heterocycles. The summed E-state index contributed by atoms with van der Waals surface area (Å²) in [5.74, 6) is 0.765. The maximum Gasteiger partial charge on any atom is 0.239 e. The van der Waals surface area contributed by atoms with Crippen molar-refractivity contribution in [3.8, 4) is 5.75 Å². The molecule has 0 bridgehead atoms. The van der Waals surface area contributed by atoms with Gasteiger partial charge in [-0.15, -0.1) is 0 Å². The smallest absolute Gasteiger partial charge is 0.239 e. The Labute approximate surface area is 189 Å². The van der Waals surface area contributed by atoms with E-state index in [1.54, 1.807) is 0 Å². The van der Waals surface area contributed by atoms with Gasteiger partial charge in [-0.2, -0.15) is 0 Å². The van der Waals surface area contributed by atoms with Gasteiger partial charge in [0.1, 0.15) is 18.4 Å². The number of rotatable bonds is 6. The second-order valence-corrected chi connectivity index (χ2v) is 8.93. The van der Waals surface area contributed by atoms with Gasteiger partial charge in [0.2, 0.25) is 11.8 Å². The molecule has 170 valence electrons. The zero-order chi connectivity index (χ0) is 22.8. The second-order valence-electron chi connectivity index (χ2n) is 8.93. The van der Waals surface area contributed by atoms with Crippen LogP contribution in [0.15, 0.2) is 42.5 Å². The molecule has 0 spiro atoms.